The van der Waals surface area contributed by atoms with E-state index < -0.39 is 0 Å². The number of hydrogen-bond acceptors (Lipinski definition) is 4. The zero-order valence-corrected chi connectivity index (χ0v) is 13.7. The number of aromatic nitrogens is 2. The molecule has 124 valence electrons. The van der Waals surface area contributed by atoms with Crippen molar-refractivity contribution in [1.82, 2.24) is 9.97 Å². The number of rotatable bonds is 3. The Morgan fingerprint density at radius 3 is 2.64 bits per heavy atom. The normalized spacial score (nSPS) is 13.2. The van der Waals surface area contributed by atoms with E-state index in [2.05, 4.69) is 44.5 Å². The molecule has 0 bridgehead atoms. The number of carbonyl (C=O) groups is 1. The highest BCUT2D eigenvalue weighted by molar-refractivity contribution is 6.04. The van der Waals surface area contributed by atoms with Gasteiger partial charge in [-0.25, -0.2) is 9.97 Å². The summed E-state index contributed by atoms with van der Waals surface area (Å²) in [4.78, 5) is 23.2. The molecule has 0 unspecified atom stereocenters. The van der Waals surface area contributed by atoms with Gasteiger partial charge < -0.3 is 10.2 Å². The highest BCUT2D eigenvalue weighted by atomic mass is 16.1. The standard InChI is InChI=1S/C20H18N4O/c25-20(23-18-7-3-4-10-21-18)16-8-11-22-19(13-16)24-12-9-15-5-1-2-6-17(15)14-24/h1-8,10-11,13H,9,12,14H2,(H,21,23,25). The fourth-order valence-corrected chi connectivity index (χ4v) is 3.05. The number of fused-ring (bicyclic) bond motifs is 1. The number of hydrogen-bond donors (Lipinski definition) is 1. The average molecular weight is 330 g/mol. The number of benzene rings is 1. The first-order valence-electron chi connectivity index (χ1n) is 8.30. The van der Waals surface area contributed by atoms with Crippen molar-refractivity contribution in [1.29, 1.82) is 0 Å². The molecule has 1 aromatic carbocycles. The molecule has 3 aromatic rings. The highest BCUT2D eigenvalue weighted by Gasteiger charge is 2.18. The topological polar surface area (TPSA) is 58.1 Å². The monoisotopic (exact) mass is 330 g/mol. The summed E-state index contributed by atoms with van der Waals surface area (Å²) in [7, 11) is 0. The minimum absolute atomic E-state index is 0.181. The predicted molar refractivity (Wildman–Crippen MR) is 97.6 cm³/mol. The van der Waals surface area contributed by atoms with Crippen LogP contribution in [0.3, 0.4) is 0 Å². The summed E-state index contributed by atoms with van der Waals surface area (Å²) in [5.41, 5.74) is 3.29. The van der Waals surface area contributed by atoms with Gasteiger partial charge in [-0.15, -0.1) is 0 Å². The molecule has 1 aliphatic rings. The van der Waals surface area contributed by atoms with Crippen LogP contribution in [0.4, 0.5) is 11.6 Å². The largest absolute Gasteiger partial charge is 0.352 e. The smallest absolute Gasteiger partial charge is 0.257 e. The van der Waals surface area contributed by atoms with Crippen LogP contribution in [0.5, 0.6) is 0 Å². The molecule has 0 fully saturated rings. The average Bonchev–Trinajstić information content (AvgIpc) is 2.68. The molecule has 0 aliphatic carbocycles. The molecule has 25 heavy (non-hydrogen) atoms. The van der Waals surface area contributed by atoms with E-state index in [4.69, 9.17) is 0 Å². The van der Waals surface area contributed by atoms with Gasteiger partial charge in [-0.3, -0.25) is 4.79 Å². The van der Waals surface area contributed by atoms with E-state index in [-0.39, 0.29) is 5.91 Å². The first-order chi connectivity index (χ1) is 12.3. The number of carbonyl (C=O) groups excluding carboxylic acids is 1. The number of nitrogens with one attached hydrogen (secondary N) is 1. The van der Waals surface area contributed by atoms with E-state index in [0.717, 1.165) is 25.3 Å². The molecule has 1 aliphatic heterocycles. The van der Waals surface area contributed by atoms with Gasteiger partial charge in [0.2, 0.25) is 0 Å². The maximum absolute atomic E-state index is 12.5. The van der Waals surface area contributed by atoms with Crippen LogP contribution in [0.15, 0.2) is 67.0 Å². The first kappa shape index (κ1) is 15.3. The van der Waals surface area contributed by atoms with Gasteiger partial charge in [-0.1, -0.05) is 30.3 Å². The number of amides is 1. The second-order valence-corrected chi connectivity index (χ2v) is 6.01. The van der Waals surface area contributed by atoms with Crippen molar-refractivity contribution in [2.24, 2.45) is 0 Å². The Labute approximate surface area is 146 Å². The molecular formula is C20H18N4O. The summed E-state index contributed by atoms with van der Waals surface area (Å²) >= 11 is 0. The highest BCUT2D eigenvalue weighted by Crippen LogP contribution is 2.23. The van der Waals surface area contributed by atoms with Crippen molar-refractivity contribution in [3.63, 3.8) is 0 Å². The van der Waals surface area contributed by atoms with Crippen LogP contribution in [0.25, 0.3) is 0 Å². The lowest BCUT2D eigenvalue weighted by Gasteiger charge is -2.29. The lowest BCUT2D eigenvalue weighted by atomic mass is 10.00. The third-order valence-corrected chi connectivity index (χ3v) is 4.37. The maximum atomic E-state index is 12.5. The van der Waals surface area contributed by atoms with E-state index in [1.807, 2.05) is 18.2 Å². The number of anilines is 2. The van der Waals surface area contributed by atoms with Crippen LogP contribution in [-0.2, 0) is 13.0 Å². The Balaban J connectivity index is 1.53. The van der Waals surface area contributed by atoms with Crippen molar-refractivity contribution in [3.05, 3.63) is 83.7 Å². The van der Waals surface area contributed by atoms with Crippen LogP contribution < -0.4 is 10.2 Å². The molecule has 4 rings (SSSR count). The summed E-state index contributed by atoms with van der Waals surface area (Å²) in [6, 6.07) is 17.4. The van der Waals surface area contributed by atoms with Crippen LogP contribution >= 0.6 is 0 Å². The summed E-state index contributed by atoms with van der Waals surface area (Å²) in [6.07, 6.45) is 4.32. The van der Waals surface area contributed by atoms with Crippen LogP contribution in [0, 0.1) is 0 Å². The zero-order valence-electron chi connectivity index (χ0n) is 13.7. The van der Waals surface area contributed by atoms with Gasteiger partial charge in [0.25, 0.3) is 5.91 Å². The van der Waals surface area contributed by atoms with Crippen molar-refractivity contribution in [2.75, 3.05) is 16.8 Å². The molecule has 0 radical (unpaired) electrons. The van der Waals surface area contributed by atoms with E-state index in [1.54, 1.807) is 24.5 Å². The first-order valence-corrected chi connectivity index (χ1v) is 8.30. The summed E-state index contributed by atoms with van der Waals surface area (Å²) in [5, 5.41) is 2.81. The maximum Gasteiger partial charge on any atom is 0.257 e. The van der Waals surface area contributed by atoms with Gasteiger partial charge in [0, 0.05) is 31.0 Å². The summed E-state index contributed by atoms with van der Waals surface area (Å²) < 4.78 is 0. The summed E-state index contributed by atoms with van der Waals surface area (Å²) in [6.45, 7) is 1.71. The van der Waals surface area contributed by atoms with Gasteiger partial charge in [0.15, 0.2) is 0 Å². The van der Waals surface area contributed by atoms with E-state index >= 15 is 0 Å². The van der Waals surface area contributed by atoms with Gasteiger partial charge >= 0.3 is 0 Å². The molecular weight excluding hydrogens is 312 g/mol. The molecule has 0 saturated heterocycles. The molecule has 1 amide bonds. The molecule has 0 spiro atoms. The van der Waals surface area contributed by atoms with Gasteiger partial charge in [-0.05, 0) is 41.8 Å². The van der Waals surface area contributed by atoms with Crippen molar-refractivity contribution >= 4 is 17.5 Å². The van der Waals surface area contributed by atoms with E-state index in [9.17, 15) is 4.79 Å². The summed E-state index contributed by atoms with van der Waals surface area (Å²) in [5.74, 6) is 1.18. The fraction of sp³-hybridized carbons (Fsp3) is 0.150. The van der Waals surface area contributed by atoms with Crippen molar-refractivity contribution < 1.29 is 4.79 Å². The molecule has 2 aromatic heterocycles. The predicted octanol–water partition coefficient (Wildman–Crippen LogP) is 3.29. The Hall–Kier alpha value is -3.21. The molecule has 5 nitrogen and oxygen atoms in total. The SMILES string of the molecule is O=C(Nc1ccccn1)c1ccnc(N2CCc3ccccc3C2)c1. The molecule has 0 atom stereocenters. The van der Waals surface area contributed by atoms with Gasteiger partial charge in [0.05, 0.1) is 0 Å². The minimum Gasteiger partial charge on any atom is -0.352 e. The Morgan fingerprint density at radius 1 is 0.960 bits per heavy atom. The van der Waals surface area contributed by atoms with Crippen LogP contribution in [0.1, 0.15) is 21.5 Å². The lowest BCUT2D eigenvalue weighted by molar-refractivity contribution is 0.102. The third-order valence-electron chi connectivity index (χ3n) is 4.37. The fourth-order valence-electron chi connectivity index (χ4n) is 3.05. The third kappa shape index (κ3) is 3.35. The van der Waals surface area contributed by atoms with Crippen LogP contribution in [-0.4, -0.2) is 22.4 Å². The van der Waals surface area contributed by atoms with Crippen LogP contribution in [0.2, 0.25) is 0 Å². The second kappa shape index (κ2) is 6.73. The molecule has 1 N–H and O–H groups in total. The van der Waals surface area contributed by atoms with Gasteiger partial charge in [-0.2, -0.15) is 0 Å². The van der Waals surface area contributed by atoms with Crippen molar-refractivity contribution in [2.45, 2.75) is 13.0 Å². The molecule has 0 saturated carbocycles. The van der Waals surface area contributed by atoms with E-state index in [0.29, 0.717) is 11.4 Å². The molecule has 5 heteroatoms. The van der Waals surface area contributed by atoms with Crippen molar-refractivity contribution in [3.8, 4) is 0 Å². The number of pyridine rings is 2. The van der Waals surface area contributed by atoms with E-state index in [1.165, 1.54) is 11.1 Å². The quantitative estimate of drug-likeness (QED) is 0.800. The zero-order chi connectivity index (χ0) is 17.1. The Morgan fingerprint density at radius 2 is 1.80 bits per heavy atom. The molecule has 3 heterocycles. The second-order valence-electron chi connectivity index (χ2n) is 6.01. The van der Waals surface area contributed by atoms with Gasteiger partial charge in [0.1, 0.15) is 11.6 Å². The Bertz CT molecular complexity index is 895. The Kier molecular flexibility index (Phi) is 4.12. The number of nitrogens with zero attached hydrogens (tertiary/aromatic N) is 3. The minimum atomic E-state index is -0.181. The lowest BCUT2D eigenvalue weighted by Crippen LogP contribution is -2.31.